The molecule has 4 nitrogen and oxygen atoms in total. The molecule has 0 radical (unpaired) electrons. The number of aliphatic carboxylic acids is 1. The van der Waals surface area contributed by atoms with Gasteiger partial charge in [0.05, 0.1) is 12.1 Å². The summed E-state index contributed by atoms with van der Waals surface area (Å²) in [4.78, 5) is 14.5. The summed E-state index contributed by atoms with van der Waals surface area (Å²) in [7, 11) is 2.10. The first-order chi connectivity index (χ1) is 7.77. The summed E-state index contributed by atoms with van der Waals surface area (Å²) in [6, 6.07) is 0. The molecule has 0 saturated heterocycles. The highest BCUT2D eigenvalue weighted by Crippen LogP contribution is 2.11. The van der Waals surface area contributed by atoms with Crippen molar-refractivity contribution in [3.8, 4) is 0 Å². The molecular weight excluding hydrogens is 216 g/mol. The molecule has 0 bridgehead atoms. The van der Waals surface area contributed by atoms with Crippen molar-refractivity contribution in [2.75, 3.05) is 20.3 Å². The lowest BCUT2D eigenvalue weighted by atomic mass is 9.98. The average Bonchev–Trinajstić information content (AvgIpc) is 2.60. The number of carboxylic acid groups (broad SMARTS) is 1. The molecule has 4 heteroatoms. The zero-order chi connectivity index (χ0) is 13.5. The molecule has 0 fully saturated rings. The minimum atomic E-state index is -0.757. The van der Waals surface area contributed by atoms with Crippen LogP contribution in [-0.4, -0.2) is 41.1 Å². The van der Waals surface area contributed by atoms with Crippen LogP contribution < -0.4 is 0 Å². The fourth-order valence-corrected chi connectivity index (χ4v) is 1.10. The van der Waals surface area contributed by atoms with Gasteiger partial charge in [0.1, 0.15) is 0 Å². The second-order valence-electron chi connectivity index (χ2n) is 5.42. The third-order valence-corrected chi connectivity index (χ3v) is 2.38. The fraction of sp³-hybridized carbons (Fsp3) is 0.769. The number of unbranched alkanes of at least 4 members (excludes halogenated alkanes) is 1. The highest BCUT2D eigenvalue weighted by molar-refractivity contribution is 5.72. The molecule has 0 aromatic carbocycles. The van der Waals surface area contributed by atoms with Crippen LogP contribution in [0.25, 0.3) is 0 Å². The van der Waals surface area contributed by atoms with Gasteiger partial charge >= 0.3 is 5.97 Å². The van der Waals surface area contributed by atoms with Gasteiger partial charge in [0, 0.05) is 26.0 Å². The number of carboxylic acids is 1. The molecule has 0 aromatic rings. The van der Waals surface area contributed by atoms with Crippen molar-refractivity contribution < 1.29 is 9.90 Å². The van der Waals surface area contributed by atoms with Crippen molar-refractivity contribution in [2.45, 2.75) is 40.5 Å². The molecule has 17 heavy (non-hydrogen) atoms. The van der Waals surface area contributed by atoms with Crippen molar-refractivity contribution in [3.05, 3.63) is 12.4 Å². The van der Waals surface area contributed by atoms with Crippen LogP contribution in [0.2, 0.25) is 0 Å². The third kappa shape index (κ3) is 7.66. The molecule has 1 aliphatic rings. The maximum atomic E-state index is 10.0. The Morgan fingerprint density at radius 3 is 2.18 bits per heavy atom. The van der Waals surface area contributed by atoms with E-state index in [0.717, 1.165) is 6.67 Å². The molecule has 0 saturated carbocycles. The molecule has 0 spiro atoms. The first-order valence-corrected chi connectivity index (χ1v) is 6.13. The monoisotopic (exact) mass is 242 g/mol. The largest absolute Gasteiger partial charge is 0.481 e. The van der Waals surface area contributed by atoms with E-state index in [-0.39, 0.29) is 0 Å². The fourth-order valence-electron chi connectivity index (χ4n) is 1.10. The van der Waals surface area contributed by atoms with Crippen LogP contribution in [-0.2, 0) is 4.79 Å². The quantitative estimate of drug-likeness (QED) is 0.826. The Balaban J connectivity index is 0.000000325. The van der Waals surface area contributed by atoms with Gasteiger partial charge in [-0.05, 0) is 27.2 Å². The van der Waals surface area contributed by atoms with E-state index in [2.05, 4.69) is 36.2 Å². The average molecular weight is 242 g/mol. The zero-order valence-electron chi connectivity index (χ0n) is 11.7. The van der Waals surface area contributed by atoms with Crippen LogP contribution in [0.3, 0.4) is 0 Å². The van der Waals surface area contributed by atoms with Gasteiger partial charge in [-0.1, -0.05) is 13.3 Å². The van der Waals surface area contributed by atoms with E-state index in [0.29, 0.717) is 0 Å². The number of carbonyl (C=O) groups is 1. The second-order valence-corrected chi connectivity index (χ2v) is 5.42. The Morgan fingerprint density at radius 2 is 1.88 bits per heavy atom. The first-order valence-electron chi connectivity index (χ1n) is 6.13. The van der Waals surface area contributed by atoms with E-state index in [4.69, 9.17) is 5.11 Å². The molecule has 1 N–H and O–H groups in total. The van der Waals surface area contributed by atoms with Crippen molar-refractivity contribution in [3.63, 3.8) is 0 Å². The van der Waals surface area contributed by atoms with Crippen LogP contribution in [0.4, 0.5) is 0 Å². The van der Waals surface area contributed by atoms with E-state index in [1.807, 2.05) is 0 Å². The number of hydrogen-bond acceptors (Lipinski definition) is 3. The SMILES string of the molecule is CC(C)(C)C(=O)O.CCCCN1C=CN(C)C1. The van der Waals surface area contributed by atoms with Gasteiger partial charge in [-0.3, -0.25) is 4.79 Å². The maximum absolute atomic E-state index is 10.0. The Labute approximate surface area is 105 Å². The molecule has 1 rings (SSSR count). The van der Waals surface area contributed by atoms with Gasteiger partial charge in [0.2, 0.25) is 0 Å². The lowest BCUT2D eigenvalue weighted by molar-refractivity contribution is -0.145. The van der Waals surface area contributed by atoms with Crippen molar-refractivity contribution in [1.29, 1.82) is 0 Å². The predicted octanol–water partition coefficient (Wildman–Crippen LogP) is 2.58. The summed E-state index contributed by atoms with van der Waals surface area (Å²) >= 11 is 0. The van der Waals surface area contributed by atoms with Gasteiger partial charge in [0.25, 0.3) is 0 Å². The molecule has 0 amide bonds. The van der Waals surface area contributed by atoms with Crippen molar-refractivity contribution in [1.82, 2.24) is 9.80 Å². The summed E-state index contributed by atoms with van der Waals surface area (Å²) in [5.74, 6) is -0.757. The molecular formula is C13H26N2O2. The molecule has 0 aromatic heterocycles. The molecule has 0 aliphatic carbocycles. The van der Waals surface area contributed by atoms with Crippen LogP contribution in [0.1, 0.15) is 40.5 Å². The molecule has 0 unspecified atom stereocenters. The lowest BCUT2D eigenvalue weighted by Gasteiger charge is -2.17. The number of nitrogens with zero attached hydrogens (tertiary/aromatic N) is 2. The van der Waals surface area contributed by atoms with E-state index in [1.54, 1.807) is 20.8 Å². The molecule has 1 aliphatic heterocycles. The molecule has 100 valence electrons. The normalized spacial score (nSPS) is 14.6. The summed E-state index contributed by atoms with van der Waals surface area (Å²) in [6.07, 6.45) is 6.87. The van der Waals surface area contributed by atoms with E-state index in [1.165, 1.54) is 19.4 Å². The summed E-state index contributed by atoms with van der Waals surface area (Å²) in [5.41, 5.74) is -0.583. The Bertz CT molecular complexity index is 257. The van der Waals surface area contributed by atoms with Crippen molar-refractivity contribution >= 4 is 5.97 Å². The highest BCUT2D eigenvalue weighted by Gasteiger charge is 2.18. The van der Waals surface area contributed by atoms with E-state index < -0.39 is 11.4 Å². The van der Waals surface area contributed by atoms with Gasteiger partial charge in [0.15, 0.2) is 0 Å². The van der Waals surface area contributed by atoms with Crippen LogP contribution in [0.5, 0.6) is 0 Å². The lowest BCUT2D eigenvalue weighted by Crippen LogP contribution is -2.23. The van der Waals surface area contributed by atoms with Crippen molar-refractivity contribution in [2.24, 2.45) is 5.41 Å². The van der Waals surface area contributed by atoms with E-state index >= 15 is 0 Å². The second kappa shape index (κ2) is 7.20. The predicted molar refractivity (Wildman–Crippen MR) is 70.5 cm³/mol. The molecule has 0 atom stereocenters. The third-order valence-electron chi connectivity index (χ3n) is 2.38. The summed E-state index contributed by atoms with van der Waals surface area (Å²) in [5, 5.41) is 8.25. The number of hydrogen-bond donors (Lipinski definition) is 1. The zero-order valence-corrected chi connectivity index (χ0v) is 11.7. The van der Waals surface area contributed by atoms with Crippen LogP contribution >= 0.6 is 0 Å². The summed E-state index contributed by atoms with van der Waals surface area (Å²) in [6.45, 7) is 9.49. The highest BCUT2D eigenvalue weighted by atomic mass is 16.4. The standard InChI is InChI=1S/C8H16N2.C5H10O2/c1-3-4-5-10-7-6-9(2)8-10;1-5(2,3)4(6)7/h6-7H,3-5,8H2,1-2H3;1-3H3,(H,6,7). The van der Waals surface area contributed by atoms with Gasteiger partial charge in [-0.2, -0.15) is 0 Å². The smallest absolute Gasteiger partial charge is 0.308 e. The Kier molecular flexibility index (Phi) is 6.69. The topological polar surface area (TPSA) is 43.8 Å². The number of rotatable bonds is 3. The summed E-state index contributed by atoms with van der Waals surface area (Å²) < 4.78 is 0. The first kappa shape index (κ1) is 15.8. The Morgan fingerprint density at radius 1 is 1.35 bits per heavy atom. The minimum absolute atomic E-state index is 0.583. The molecule has 1 heterocycles. The van der Waals surface area contributed by atoms with Gasteiger partial charge < -0.3 is 14.9 Å². The van der Waals surface area contributed by atoms with E-state index in [9.17, 15) is 4.79 Å². The minimum Gasteiger partial charge on any atom is -0.481 e. The maximum Gasteiger partial charge on any atom is 0.308 e. The Hall–Kier alpha value is -1.19. The van der Waals surface area contributed by atoms with Gasteiger partial charge in [-0.25, -0.2) is 0 Å². The van der Waals surface area contributed by atoms with Crippen LogP contribution in [0.15, 0.2) is 12.4 Å². The van der Waals surface area contributed by atoms with Crippen LogP contribution in [0, 0.1) is 5.41 Å². The van der Waals surface area contributed by atoms with Gasteiger partial charge in [-0.15, -0.1) is 0 Å².